The van der Waals surface area contributed by atoms with Crippen molar-refractivity contribution in [2.75, 3.05) is 31.2 Å². The van der Waals surface area contributed by atoms with Crippen molar-refractivity contribution < 1.29 is 43.2 Å². The Bertz CT molecular complexity index is 713. The van der Waals surface area contributed by atoms with Crippen molar-refractivity contribution >= 4 is 26.8 Å². The zero-order valence-corrected chi connectivity index (χ0v) is 21.2. The molecule has 0 spiro atoms. The standard InChI is InChI=1S/C17H35F6N2O4PS2/c1-4-7-12-30(13-8-5-2,14-9-6-3,15-10-11-24)25(31(26,27)16(18,19)20)32(28,29)17(21,22)23/h4-15,24H2,1-3H3. The van der Waals surface area contributed by atoms with Gasteiger partial charge < -0.3 is 0 Å². The molecule has 0 amide bonds. The minimum absolute atomic E-state index is 0.0904. The van der Waals surface area contributed by atoms with Crippen LogP contribution < -0.4 is 5.73 Å². The predicted octanol–water partition coefficient (Wildman–Crippen LogP) is 5.21. The Kier molecular flexibility index (Phi) is 11.4. The van der Waals surface area contributed by atoms with Crippen molar-refractivity contribution in [3.63, 3.8) is 0 Å². The first-order valence-electron chi connectivity index (χ1n) is 10.6. The van der Waals surface area contributed by atoms with Gasteiger partial charge in [-0.05, 0) is 0 Å². The SMILES string of the molecule is CCCCP(CCCC)(CCCC)(CCCN)N(S(=O)(=O)C(F)(F)F)S(=O)(=O)C(F)(F)F. The maximum atomic E-state index is 13.7. The van der Waals surface area contributed by atoms with E-state index in [2.05, 4.69) is 0 Å². The van der Waals surface area contributed by atoms with Gasteiger partial charge in [0, 0.05) is 0 Å². The number of sulfonamides is 2. The summed E-state index contributed by atoms with van der Waals surface area (Å²) in [5.41, 5.74) is -6.91. The van der Waals surface area contributed by atoms with E-state index in [0.717, 1.165) is 0 Å². The number of nitrogens with two attached hydrogens (primary N) is 1. The van der Waals surface area contributed by atoms with E-state index < -0.39 is 47.5 Å². The zero-order valence-electron chi connectivity index (χ0n) is 18.7. The second-order valence-corrected chi connectivity index (χ2v) is 18.4. The summed E-state index contributed by atoms with van der Waals surface area (Å²) >= 11 is 0. The van der Waals surface area contributed by atoms with Gasteiger partial charge in [0.25, 0.3) is 0 Å². The van der Waals surface area contributed by atoms with Gasteiger partial charge >= 0.3 is 187 Å². The summed E-state index contributed by atoms with van der Waals surface area (Å²) < 4.78 is 132. The molecule has 2 N–H and O–H groups in total. The third-order valence-corrected chi connectivity index (χ3v) is 19.7. The van der Waals surface area contributed by atoms with Gasteiger partial charge in [-0.15, -0.1) is 0 Å². The van der Waals surface area contributed by atoms with Crippen molar-refractivity contribution in [2.45, 2.75) is 76.7 Å². The van der Waals surface area contributed by atoms with Gasteiger partial charge in [0.15, 0.2) is 0 Å². The van der Waals surface area contributed by atoms with Crippen LogP contribution in [0.5, 0.6) is 0 Å². The molecule has 32 heavy (non-hydrogen) atoms. The maximum absolute atomic E-state index is 13.7. The summed E-state index contributed by atoms with van der Waals surface area (Å²) in [6.07, 6.45) is -0.238. The summed E-state index contributed by atoms with van der Waals surface area (Å²) in [6, 6.07) is 0. The van der Waals surface area contributed by atoms with Crippen LogP contribution in [0.1, 0.15) is 65.7 Å². The molecule has 0 aliphatic carbocycles. The van der Waals surface area contributed by atoms with E-state index in [1.54, 1.807) is 20.8 Å². The molecule has 0 aromatic heterocycles. The average Bonchev–Trinajstić information content (AvgIpc) is 2.66. The fourth-order valence-electron chi connectivity index (χ4n) is 4.10. The van der Waals surface area contributed by atoms with E-state index >= 15 is 0 Å². The Morgan fingerprint density at radius 3 is 1.16 bits per heavy atom. The normalized spacial score (nSPS) is 15.7. The fourth-order valence-corrected chi connectivity index (χ4v) is 19.8. The number of hydrogen-bond donors (Lipinski definition) is 1. The van der Waals surface area contributed by atoms with Crippen molar-refractivity contribution in [3.05, 3.63) is 0 Å². The van der Waals surface area contributed by atoms with Crippen LogP contribution in [-0.4, -0.2) is 62.5 Å². The van der Waals surface area contributed by atoms with Crippen LogP contribution >= 0.6 is 6.75 Å². The van der Waals surface area contributed by atoms with E-state index in [0.29, 0.717) is 19.3 Å². The fraction of sp³-hybridized carbons (Fsp3) is 1.00. The van der Waals surface area contributed by atoms with Gasteiger partial charge in [0.2, 0.25) is 0 Å². The van der Waals surface area contributed by atoms with Gasteiger partial charge in [-0.25, -0.2) is 0 Å². The Balaban J connectivity index is 7.79. The van der Waals surface area contributed by atoms with Crippen LogP contribution in [0.2, 0.25) is 0 Å². The van der Waals surface area contributed by atoms with Gasteiger partial charge in [-0.3, -0.25) is 0 Å². The van der Waals surface area contributed by atoms with Crippen LogP contribution in [0.25, 0.3) is 0 Å². The Labute approximate surface area is 187 Å². The summed E-state index contributed by atoms with van der Waals surface area (Å²) in [5.74, 6) is 0. The van der Waals surface area contributed by atoms with Gasteiger partial charge in [-0.1, -0.05) is 0 Å². The zero-order chi connectivity index (χ0) is 25.5. The van der Waals surface area contributed by atoms with E-state index in [1.807, 2.05) is 0 Å². The first kappa shape index (κ1) is 31.8. The summed E-state index contributed by atoms with van der Waals surface area (Å²) in [7, 11) is -13.7. The number of nitrogens with zero attached hydrogens (tertiary/aromatic N) is 1. The Morgan fingerprint density at radius 1 is 0.656 bits per heavy atom. The molecule has 0 saturated heterocycles. The average molecular weight is 541 g/mol. The van der Waals surface area contributed by atoms with E-state index in [-0.39, 0.29) is 50.7 Å². The summed E-state index contributed by atoms with van der Waals surface area (Å²) in [6.45, 7) is -0.119. The number of hydrogen-bond acceptors (Lipinski definition) is 5. The predicted molar refractivity (Wildman–Crippen MR) is 117 cm³/mol. The van der Waals surface area contributed by atoms with E-state index in [4.69, 9.17) is 5.73 Å². The van der Waals surface area contributed by atoms with Crippen molar-refractivity contribution in [2.24, 2.45) is 5.73 Å². The molecule has 15 heteroatoms. The first-order valence-corrected chi connectivity index (χ1v) is 16.4. The molecular weight excluding hydrogens is 505 g/mol. The molecule has 0 radical (unpaired) electrons. The van der Waals surface area contributed by atoms with Crippen molar-refractivity contribution in [3.8, 4) is 0 Å². The molecule has 0 aliphatic heterocycles. The van der Waals surface area contributed by atoms with Crippen LogP contribution in [-0.2, 0) is 20.0 Å². The number of halogens is 6. The monoisotopic (exact) mass is 540 g/mol. The number of rotatable bonds is 15. The Hall–Kier alpha value is -0.170. The molecular formula is C17H35F6N2O4PS2. The van der Waals surface area contributed by atoms with E-state index in [9.17, 15) is 43.2 Å². The van der Waals surface area contributed by atoms with Crippen molar-refractivity contribution in [1.29, 1.82) is 0 Å². The van der Waals surface area contributed by atoms with Crippen LogP contribution in [0, 0.1) is 0 Å². The third kappa shape index (κ3) is 6.49. The second kappa shape index (κ2) is 11.5. The molecule has 0 heterocycles. The van der Waals surface area contributed by atoms with E-state index in [1.165, 1.54) is 0 Å². The number of alkyl halides is 6. The molecule has 0 unspecified atom stereocenters. The quantitative estimate of drug-likeness (QED) is 0.227. The molecule has 196 valence electrons. The molecule has 0 bridgehead atoms. The molecule has 0 aromatic rings. The molecule has 0 aliphatic rings. The topological polar surface area (TPSA) is 97.5 Å². The van der Waals surface area contributed by atoms with Crippen LogP contribution in [0.3, 0.4) is 0 Å². The minimum atomic E-state index is -6.87. The van der Waals surface area contributed by atoms with Crippen LogP contribution in [0.4, 0.5) is 26.3 Å². The third-order valence-electron chi connectivity index (χ3n) is 5.65. The Morgan fingerprint density at radius 2 is 0.938 bits per heavy atom. The molecule has 0 aromatic carbocycles. The van der Waals surface area contributed by atoms with Gasteiger partial charge in [-0.2, -0.15) is 0 Å². The van der Waals surface area contributed by atoms with Gasteiger partial charge in [0.1, 0.15) is 0 Å². The molecule has 6 nitrogen and oxygen atoms in total. The molecule has 0 atom stereocenters. The van der Waals surface area contributed by atoms with Gasteiger partial charge in [0.05, 0.1) is 0 Å². The van der Waals surface area contributed by atoms with Crippen LogP contribution in [0.15, 0.2) is 0 Å². The summed E-state index contributed by atoms with van der Waals surface area (Å²) in [5, 5.41) is 0. The summed E-state index contributed by atoms with van der Waals surface area (Å²) in [4.78, 5) is 0. The second-order valence-electron chi connectivity index (χ2n) is 8.08. The number of unbranched alkanes of at least 4 members (excludes halogenated alkanes) is 3. The molecule has 0 fully saturated rings. The van der Waals surface area contributed by atoms with Crippen molar-refractivity contribution in [1.82, 2.24) is 3.48 Å². The molecule has 0 rings (SSSR count). The first-order chi connectivity index (χ1) is 14.4. The molecule has 0 saturated carbocycles.